The number of urea groups is 1. The third kappa shape index (κ3) is 10.1. The van der Waals surface area contributed by atoms with Crippen LogP contribution in [-0.4, -0.2) is 80.0 Å². The van der Waals surface area contributed by atoms with Crippen LogP contribution < -0.4 is 0 Å². The molecule has 0 aromatic heterocycles. The van der Waals surface area contributed by atoms with Gasteiger partial charge in [0.15, 0.2) is 0 Å². The Morgan fingerprint density at radius 1 is 1.00 bits per heavy atom. The first-order valence-electron chi connectivity index (χ1n) is 7.40. The lowest BCUT2D eigenvalue weighted by Crippen LogP contribution is -2.44. The number of carboxylic acid groups (broad SMARTS) is 1. The maximum Gasteiger partial charge on any atom is 0.319 e. The van der Waals surface area contributed by atoms with Gasteiger partial charge in [-0.25, -0.2) is 4.79 Å². The predicted octanol–water partition coefficient (Wildman–Crippen LogP) is 1.28. The summed E-state index contributed by atoms with van der Waals surface area (Å²) in [5, 5.41) is 8.61. The number of carbonyl (C=O) groups is 2. The highest BCUT2D eigenvalue weighted by molar-refractivity contribution is 5.74. The molecule has 21 heavy (non-hydrogen) atoms. The van der Waals surface area contributed by atoms with Crippen molar-refractivity contribution < 1.29 is 24.2 Å². The molecular formula is C14H28N2O5. The fourth-order valence-electron chi connectivity index (χ4n) is 1.75. The Morgan fingerprint density at radius 3 is 1.95 bits per heavy atom. The standard InChI is InChI=1S/C14H28N2O5/c1-4-20-11-9-16(10-12-21-5-2)14(19)15(3)8-6-7-13(17)18/h4-12H2,1-3H3,(H,17,18). The van der Waals surface area contributed by atoms with Gasteiger partial charge in [0, 0.05) is 46.3 Å². The summed E-state index contributed by atoms with van der Waals surface area (Å²) in [6, 6.07) is -0.125. The molecule has 0 rings (SSSR count). The molecule has 0 aromatic carbocycles. The topological polar surface area (TPSA) is 79.3 Å². The van der Waals surface area contributed by atoms with E-state index in [1.807, 2.05) is 13.8 Å². The molecule has 0 saturated heterocycles. The number of aliphatic carboxylic acids is 1. The van der Waals surface area contributed by atoms with E-state index < -0.39 is 5.97 Å². The quantitative estimate of drug-likeness (QED) is 0.549. The molecule has 7 heteroatoms. The fraction of sp³-hybridized carbons (Fsp3) is 0.857. The summed E-state index contributed by atoms with van der Waals surface area (Å²) < 4.78 is 10.6. The number of hydrogen-bond acceptors (Lipinski definition) is 4. The molecular weight excluding hydrogens is 276 g/mol. The first-order chi connectivity index (χ1) is 10.0. The number of ether oxygens (including phenoxy) is 2. The van der Waals surface area contributed by atoms with Crippen molar-refractivity contribution in [2.45, 2.75) is 26.7 Å². The largest absolute Gasteiger partial charge is 0.481 e. The van der Waals surface area contributed by atoms with Gasteiger partial charge in [0.25, 0.3) is 0 Å². The molecule has 0 bridgehead atoms. The molecule has 0 atom stereocenters. The third-order valence-electron chi connectivity index (χ3n) is 2.90. The molecule has 7 nitrogen and oxygen atoms in total. The zero-order valence-electron chi connectivity index (χ0n) is 13.3. The van der Waals surface area contributed by atoms with Gasteiger partial charge < -0.3 is 24.4 Å². The second-order valence-electron chi connectivity index (χ2n) is 4.58. The van der Waals surface area contributed by atoms with Gasteiger partial charge in [0.2, 0.25) is 0 Å². The highest BCUT2D eigenvalue weighted by atomic mass is 16.5. The van der Waals surface area contributed by atoms with Crippen molar-refractivity contribution >= 4 is 12.0 Å². The van der Waals surface area contributed by atoms with Crippen molar-refractivity contribution in [2.24, 2.45) is 0 Å². The Kier molecular flexibility index (Phi) is 11.6. The Hall–Kier alpha value is -1.34. The lowest BCUT2D eigenvalue weighted by atomic mass is 10.3. The fourth-order valence-corrected chi connectivity index (χ4v) is 1.75. The summed E-state index contributed by atoms with van der Waals surface area (Å²) in [4.78, 5) is 26.0. The van der Waals surface area contributed by atoms with Gasteiger partial charge in [-0.05, 0) is 20.3 Å². The lowest BCUT2D eigenvalue weighted by Gasteiger charge is -2.28. The van der Waals surface area contributed by atoms with E-state index in [1.165, 1.54) is 0 Å². The normalized spacial score (nSPS) is 10.4. The van der Waals surface area contributed by atoms with E-state index in [2.05, 4.69) is 0 Å². The van der Waals surface area contributed by atoms with Crippen LogP contribution in [0.2, 0.25) is 0 Å². The van der Waals surface area contributed by atoms with Gasteiger partial charge in [0.05, 0.1) is 13.2 Å². The highest BCUT2D eigenvalue weighted by Gasteiger charge is 2.17. The van der Waals surface area contributed by atoms with Crippen LogP contribution in [-0.2, 0) is 14.3 Å². The van der Waals surface area contributed by atoms with E-state index >= 15 is 0 Å². The molecule has 0 aliphatic rings. The molecule has 0 fully saturated rings. The Labute approximate surface area is 126 Å². The van der Waals surface area contributed by atoms with Crippen LogP contribution in [0.15, 0.2) is 0 Å². The molecule has 0 aliphatic carbocycles. The van der Waals surface area contributed by atoms with Crippen molar-refractivity contribution in [3.8, 4) is 0 Å². The van der Waals surface area contributed by atoms with Crippen LogP contribution in [0.3, 0.4) is 0 Å². The Morgan fingerprint density at radius 2 is 1.52 bits per heavy atom. The number of carbonyl (C=O) groups excluding carboxylic acids is 1. The Balaban J connectivity index is 4.27. The minimum Gasteiger partial charge on any atom is -0.481 e. The van der Waals surface area contributed by atoms with Gasteiger partial charge in [-0.3, -0.25) is 4.79 Å². The van der Waals surface area contributed by atoms with Crippen molar-refractivity contribution in [1.29, 1.82) is 0 Å². The summed E-state index contributed by atoms with van der Waals surface area (Å²) in [5.41, 5.74) is 0. The highest BCUT2D eigenvalue weighted by Crippen LogP contribution is 2.01. The molecule has 0 heterocycles. The summed E-state index contributed by atoms with van der Waals surface area (Å²) in [5.74, 6) is -0.847. The number of carboxylic acids is 1. The van der Waals surface area contributed by atoms with Gasteiger partial charge >= 0.3 is 12.0 Å². The van der Waals surface area contributed by atoms with Crippen molar-refractivity contribution in [3.63, 3.8) is 0 Å². The molecule has 0 saturated carbocycles. The SMILES string of the molecule is CCOCCN(CCOCC)C(=O)N(C)CCCC(=O)O. The first kappa shape index (κ1) is 19.7. The molecule has 0 unspecified atom stereocenters. The van der Waals surface area contributed by atoms with E-state index in [-0.39, 0.29) is 12.5 Å². The molecule has 124 valence electrons. The van der Waals surface area contributed by atoms with Crippen LogP contribution in [0.4, 0.5) is 4.79 Å². The zero-order valence-corrected chi connectivity index (χ0v) is 13.3. The van der Waals surface area contributed by atoms with E-state index in [0.29, 0.717) is 52.5 Å². The summed E-state index contributed by atoms with van der Waals surface area (Å²) >= 11 is 0. The smallest absolute Gasteiger partial charge is 0.319 e. The summed E-state index contributed by atoms with van der Waals surface area (Å²) in [7, 11) is 1.68. The number of nitrogens with zero attached hydrogens (tertiary/aromatic N) is 2. The molecule has 1 N–H and O–H groups in total. The van der Waals surface area contributed by atoms with Crippen LogP contribution in [0.25, 0.3) is 0 Å². The van der Waals surface area contributed by atoms with Gasteiger partial charge in [-0.15, -0.1) is 0 Å². The summed E-state index contributed by atoms with van der Waals surface area (Å²) in [6.07, 6.45) is 0.512. The van der Waals surface area contributed by atoms with Gasteiger partial charge in [-0.2, -0.15) is 0 Å². The second kappa shape index (κ2) is 12.4. The lowest BCUT2D eigenvalue weighted by molar-refractivity contribution is -0.137. The van der Waals surface area contributed by atoms with Gasteiger partial charge in [0.1, 0.15) is 0 Å². The number of rotatable bonds is 12. The minimum atomic E-state index is -0.847. The third-order valence-corrected chi connectivity index (χ3v) is 2.90. The van der Waals surface area contributed by atoms with Crippen LogP contribution in [0, 0.1) is 0 Å². The van der Waals surface area contributed by atoms with Gasteiger partial charge in [-0.1, -0.05) is 0 Å². The second-order valence-corrected chi connectivity index (χ2v) is 4.58. The van der Waals surface area contributed by atoms with Crippen LogP contribution >= 0.6 is 0 Å². The molecule has 0 aromatic rings. The van der Waals surface area contributed by atoms with Crippen molar-refractivity contribution in [3.05, 3.63) is 0 Å². The first-order valence-corrected chi connectivity index (χ1v) is 7.40. The van der Waals surface area contributed by atoms with E-state index in [0.717, 1.165) is 0 Å². The number of hydrogen-bond donors (Lipinski definition) is 1. The van der Waals surface area contributed by atoms with E-state index in [9.17, 15) is 9.59 Å². The maximum absolute atomic E-state index is 12.3. The Bertz CT molecular complexity index is 289. The molecule has 0 aliphatic heterocycles. The summed E-state index contributed by atoms with van der Waals surface area (Å²) in [6.45, 7) is 7.43. The average Bonchev–Trinajstić information content (AvgIpc) is 2.44. The minimum absolute atomic E-state index is 0.0650. The van der Waals surface area contributed by atoms with Crippen molar-refractivity contribution in [2.75, 3.05) is 53.1 Å². The van der Waals surface area contributed by atoms with Crippen molar-refractivity contribution in [1.82, 2.24) is 9.80 Å². The van der Waals surface area contributed by atoms with Crippen LogP contribution in [0.1, 0.15) is 26.7 Å². The molecule has 0 spiro atoms. The number of amides is 2. The maximum atomic E-state index is 12.3. The van der Waals surface area contributed by atoms with E-state index in [4.69, 9.17) is 14.6 Å². The van der Waals surface area contributed by atoms with Crippen LogP contribution in [0.5, 0.6) is 0 Å². The monoisotopic (exact) mass is 304 g/mol. The predicted molar refractivity (Wildman–Crippen MR) is 79.5 cm³/mol. The molecule has 2 amide bonds. The zero-order chi connectivity index (χ0) is 16.1. The average molecular weight is 304 g/mol. The molecule has 0 radical (unpaired) electrons. The van der Waals surface area contributed by atoms with E-state index in [1.54, 1.807) is 16.8 Å².